The topological polar surface area (TPSA) is 18.5 Å². The molecule has 1 aromatic rings. The van der Waals surface area contributed by atoms with Crippen LogP contribution in [0.2, 0.25) is 0 Å². The van der Waals surface area contributed by atoms with Crippen LogP contribution in [0.5, 0.6) is 11.5 Å². The Bertz CT molecular complexity index is 415. The van der Waals surface area contributed by atoms with E-state index in [1.165, 1.54) is 19.3 Å². The van der Waals surface area contributed by atoms with Gasteiger partial charge in [0.1, 0.15) is 16.8 Å². The Labute approximate surface area is 110 Å². The molecule has 0 heterocycles. The third kappa shape index (κ3) is 4.10. The first-order valence-corrected chi connectivity index (χ1v) is 5.84. The fourth-order valence-corrected chi connectivity index (χ4v) is 1.52. The van der Waals surface area contributed by atoms with Crippen molar-refractivity contribution in [3.8, 4) is 11.5 Å². The van der Waals surface area contributed by atoms with Gasteiger partial charge in [-0.1, -0.05) is 30.1 Å². The number of hydrogen-bond donors (Lipinski definition) is 0. The zero-order valence-electron chi connectivity index (χ0n) is 9.60. The number of benzene rings is 1. The summed E-state index contributed by atoms with van der Waals surface area (Å²) in [6.45, 7) is 2.11. The van der Waals surface area contributed by atoms with Crippen LogP contribution in [0.3, 0.4) is 0 Å². The Balaban J connectivity index is 2.88. The molecule has 0 atom stereocenters. The lowest BCUT2D eigenvalue weighted by Crippen LogP contribution is -1.99. The molecule has 94 valence electrons. The smallest absolute Gasteiger partial charge is 0.169 e. The summed E-state index contributed by atoms with van der Waals surface area (Å²) in [5, 5.41) is 0. The maximum Gasteiger partial charge on any atom is 0.169 e. The molecule has 1 rings (SSSR count). The van der Waals surface area contributed by atoms with Gasteiger partial charge in [0.15, 0.2) is 11.6 Å². The van der Waals surface area contributed by atoms with Gasteiger partial charge in [-0.25, -0.2) is 4.39 Å². The van der Waals surface area contributed by atoms with Crippen LogP contribution in [0.15, 0.2) is 22.7 Å². The molecule has 1 aromatic carbocycles. The molecule has 0 amide bonds. The molecular formula is C12H13Cl2FO2. The summed E-state index contributed by atoms with van der Waals surface area (Å²) in [7, 11) is 1.44. The van der Waals surface area contributed by atoms with E-state index in [0.29, 0.717) is 12.2 Å². The van der Waals surface area contributed by atoms with Crippen LogP contribution >= 0.6 is 23.2 Å². The van der Waals surface area contributed by atoms with Crippen molar-refractivity contribution in [3.63, 3.8) is 0 Å². The first-order chi connectivity index (χ1) is 8.08. The van der Waals surface area contributed by atoms with Gasteiger partial charge in [-0.15, -0.1) is 0 Å². The SMILES string of the molecule is CCc1cc(OCC=C(Cl)Cl)cc(F)c1OC. The maximum atomic E-state index is 13.6. The summed E-state index contributed by atoms with van der Waals surface area (Å²) in [5.41, 5.74) is 0.753. The van der Waals surface area contributed by atoms with Gasteiger partial charge in [0.2, 0.25) is 0 Å². The van der Waals surface area contributed by atoms with Crippen LogP contribution < -0.4 is 9.47 Å². The average molecular weight is 279 g/mol. The fourth-order valence-electron chi connectivity index (χ4n) is 1.40. The normalized spacial score (nSPS) is 9.94. The summed E-state index contributed by atoms with van der Waals surface area (Å²) in [6.07, 6.45) is 2.14. The van der Waals surface area contributed by atoms with Gasteiger partial charge in [-0.3, -0.25) is 0 Å². The van der Waals surface area contributed by atoms with Crippen LogP contribution in [0.1, 0.15) is 12.5 Å². The van der Waals surface area contributed by atoms with Gasteiger partial charge in [-0.05, 0) is 18.6 Å². The second kappa shape index (κ2) is 6.72. The van der Waals surface area contributed by atoms with Crippen LogP contribution in [-0.4, -0.2) is 13.7 Å². The zero-order valence-corrected chi connectivity index (χ0v) is 11.1. The van der Waals surface area contributed by atoms with Crippen LogP contribution in [0.4, 0.5) is 4.39 Å². The monoisotopic (exact) mass is 278 g/mol. The Kier molecular flexibility index (Phi) is 5.59. The highest BCUT2D eigenvalue weighted by Crippen LogP contribution is 2.28. The lowest BCUT2D eigenvalue weighted by atomic mass is 10.1. The predicted molar refractivity (Wildman–Crippen MR) is 67.6 cm³/mol. The standard InChI is InChI=1S/C12H13Cl2FO2/c1-3-8-6-9(17-5-4-11(13)14)7-10(15)12(8)16-2/h4,6-7H,3,5H2,1-2H3. The molecule has 0 saturated carbocycles. The Morgan fingerprint density at radius 3 is 2.65 bits per heavy atom. The molecule has 0 N–H and O–H groups in total. The first kappa shape index (κ1) is 14.1. The lowest BCUT2D eigenvalue weighted by molar-refractivity contribution is 0.350. The summed E-state index contributed by atoms with van der Waals surface area (Å²) in [4.78, 5) is 0. The first-order valence-electron chi connectivity index (χ1n) is 5.08. The van der Waals surface area contributed by atoms with Gasteiger partial charge < -0.3 is 9.47 Å². The molecule has 0 bridgehead atoms. The van der Waals surface area contributed by atoms with Crippen molar-refractivity contribution in [2.45, 2.75) is 13.3 Å². The van der Waals surface area contributed by atoms with Crippen molar-refractivity contribution >= 4 is 23.2 Å². The summed E-state index contributed by atoms with van der Waals surface area (Å²) >= 11 is 10.9. The summed E-state index contributed by atoms with van der Waals surface area (Å²) in [5.74, 6) is 0.236. The van der Waals surface area contributed by atoms with Crippen LogP contribution in [-0.2, 0) is 6.42 Å². The number of halogens is 3. The van der Waals surface area contributed by atoms with Gasteiger partial charge in [0, 0.05) is 11.6 Å². The Morgan fingerprint density at radius 1 is 1.41 bits per heavy atom. The average Bonchev–Trinajstić information content (AvgIpc) is 2.27. The van der Waals surface area contributed by atoms with Crippen molar-refractivity contribution in [2.24, 2.45) is 0 Å². The number of aryl methyl sites for hydroxylation is 1. The van der Waals surface area contributed by atoms with E-state index >= 15 is 0 Å². The maximum absolute atomic E-state index is 13.6. The molecule has 0 aliphatic heterocycles. The second-order valence-electron chi connectivity index (χ2n) is 3.26. The molecule has 0 radical (unpaired) electrons. The highest BCUT2D eigenvalue weighted by Gasteiger charge is 2.10. The molecule has 0 fully saturated rings. The second-order valence-corrected chi connectivity index (χ2v) is 4.26. The largest absolute Gasteiger partial charge is 0.493 e. The van der Waals surface area contributed by atoms with Crippen molar-refractivity contribution in [1.82, 2.24) is 0 Å². The van der Waals surface area contributed by atoms with E-state index in [4.69, 9.17) is 32.7 Å². The van der Waals surface area contributed by atoms with Gasteiger partial charge in [0.05, 0.1) is 7.11 Å². The van der Waals surface area contributed by atoms with Gasteiger partial charge in [0.25, 0.3) is 0 Å². The third-order valence-electron chi connectivity index (χ3n) is 2.17. The van der Waals surface area contributed by atoms with E-state index in [1.54, 1.807) is 6.07 Å². The van der Waals surface area contributed by atoms with Crippen LogP contribution in [0, 0.1) is 5.82 Å². The van der Waals surface area contributed by atoms with E-state index in [1.807, 2.05) is 6.92 Å². The number of ether oxygens (including phenoxy) is 2. The molecular weight excluding hydrogens is 266 g/mol. The van der Waals surface area contributed by atoms with Gasteiger partial charge >= 0.3 is 0 Å². The summed E-state index contributed by atoms with van der Waals surface area (Å²) in [6, 6.07) is 3.01. The molecule has 5 heteroatoms. The highest BCUT2D eigenvalue weighted by atomic mass is 35.5. The van der Waals surface area contributed by atoms with Crippen molar-refractivity contribution < 1.29 is 13.9 Å². The fraction of sp³-hybridized carbons (Fsp3) is 0.333. The Hall–Kier alpha value is -0.930. The number of hydrogen-bond acceptors (Lipinski definition) is 2. The van der Waals surface area contributed by atoms with Crippen molar-refractivity contribution in [1.29, 1.82) is 0 Å². The molecule has 0 spiro atoms. The van der Waals surface area contributed by atoms with Crippen molar-refractivity contribution in [2.75, 3.05) is 13.7 Å². The molecule has 0 unspecified atom stereocenters. The quantitative estimate of drug-likeness (QED) is 0.808. The molecule has 2 nitrogen and oxygen atoms in total. The molecule has 0 aliphatic rings. The van der Waals surface area contributed by atoms with E-state index in [-0.39, 0.29) is 16.8 Å². The zero-order chi connectivity index (χ0) is 12.8. The van der Waals surface area contributed by atoms with E-state index in [2.05, 4.69) is 0 Å². The minimum absolute atomic E-state index is 0.120. The number of rotatable bonds is 5. The minimum Gasteiger partial charge on any atom is -0.493 e. The molecule has 0 aromatic heterocycles. The van der Waals surface area contributed by atoms with E-state index in [9.17, 15) is 4.39 Å². The highest BCUT2D eigenvalue weighted by molar-refractivity contribution is 6.55. The van der Waals surface area contributed by atoms with Gasteiger partial charge in [-0.2, -0.15) is 0 Å². The summed E-state index contributed by atoms with van der Waals surface area (Å²) < 4.78 is 24.0. The molecule has 0 saturated heterocycles. The van der Waals surface area contributed by atoms with Crippen molar-refractivity contribution in [3.05, 3.63) is 34.1 Å². The Morgan fingerprint density at radius 2 is 2.12 bits per heavy atom. The lowest BCUT2D eigenvalue weighted by Gasteiger charge is -2.11. The molecule has 0 aliphatic carbocycles. The minimum atomic E-state index is -0.442. The van der Waals surface area contributed by atoms with E-state index in [0.717, 1.165) is 5.56 Å². The number of methoxy groups -OCH3 is 1. The molecule has 17 heavy (non-hydrogen) atoms. The predicted octanol–water partition coefficient (Wildman–Crippen LogP) is 4.09. The van der Waals surface area contributed by atoms with E-state index < -0.39 is 5.82 Å². The van der Waals surface area contributed by atoms with Crippen LogP contribution in [0.25, 0.3) is 0 Å². The third-order valence-corrected chi connectivity index (χ3v) is 2.48.